The van der Waals surface area contributed by atoms with Crippen molar-refractivity contribution >= 4 is 16.9 Å². The molecule has 1 aromatic heterocycles. The van der Waals surface area contributed by atoms with Gasteiger partial charge in [-0.25, -0.2) is 0 Å². The highest BCUT2D eigenvalue weighted by Crippen LogP contribution is 2.23. The number of nitrogens with zero attached hydrogens (tertiary/aromatic N) is 1. The van der Waals surface area contributed by atoms with Gasteiger partial charge in [0.2, 0.25) is 0 Å². The first-order chi connectivity index (χ1) is 10.1. The fourth-order valence-electron chi connectivity index (χ4n) is 2.40. The zero-order valence-corrected chi connectivity index (χ0v) is 12.2. The van der Waals surface area contributed by atoms with Crippen molar-refractivity contribution in [3.63, 3.8) is 0 Å². The molecule has 0 N–H and O–H groups in total. The second kappa shape index (κ2) is 5.44. The summed E-state index contributed by atoms with van der Waals surface area (Å²) in [7, 11) is 3.73. The predicted octanol–water partition coefficient (Wildman–Crippen LogP) is 3.45. The predicted molar refractivity (Wildman–Crippen MR) is 86.1 cm³/mol. The molecule has 0 aliphatic heterocycles. The Kier molecular flexibility index (Phi) is 3.48. The van der Waals surface area contributed by atoms with Crippen LogP contribution in [0.2, 0.25) is 0 Å². The Morgan fingerprint density at radius 1 is 1.00 bits per heavy atom. The minimum Gasteiger partial charge on any atom is -0.440 e. The van der Waals surface area contributed by atoms with Crippen LogP contribution in [-0.4, -0.2) is 14.1 Å². The van der Waals surface area contributed by atoms with Crippen LogP contribution < -0.4 is 10.3 Å². The highest BCUT2D eigenvalue weighted by Gasteiger charge is 2.10. The number of anilines is 1. The lowest BCUT2D eigenvalue weighted by molar-refractivity contribution is 0.594. The van der Waals surface area contributed by atoms with E-state index in [9.17, 15) is 4.79 Å². The molecule has 0 aliphatic carbocycles. The third-order valence-corrected chi connectivity index (χ3v) is 3.50. The smallest absolute Gasteiger partial charge is 0.199 e. The highest BCUT2D eigenvalue weighted by molar-refractivity contribution is 5.81. The van der Waals surface area contributed by atoms with Gasteiger partial charge in [-0.05, 0) is 17.2 Å². The van der Waals surface area contributed by atoms with E-state index in [4.69, 9.17) is 4.42 Å². The molecule has 1 heterocycles. The molecule has 21 heavy (non-hydrogen) atoms. The molecule has 2 aromatic carbocycles. The van der Waals surface area contributed by atoms with Crippen molar-refractivity contribution in [1.29, 1.82) is 0 Å². The lowest BCUT2D eigenvalue weighted by Gasteiger charge is -2.12. The fraction of sp³-hybridized carbons (Fsp3) is 0.167. The van der Waals surface area contributed by atoms with Crippen molar-refractivity contribution in [2.45, 2.75) is 6.42 Å². The standard InChI is InChI=1S/C18H17NO2/c1-19(2)17-12-16(20)15-10-6-9-14(18(15)21-17)11-13-7-4-3-5-8-13/h3-10,12H,11H2,1-2H3. The van der Waals surface area contributed by atoms with Crippen LogP contribution in [0.25, 0.3) is 11.0 Å². The number of para-hydroxylation sites is 1. The Bertz CT molecular complexity index is 819. The number of hydrogen-bond acceptors (Lipinski definition) is 3. The monoisotopic (exact) mass is 279 g/mol. The van der Waals surface area contributed by atoms with Crippen molar-refractivity contribution in [3.8, 4) is 0 Å². The van der Waals surface area contributed by atoms with E-state index in [1.54, 1.807) is 4.90 Å². The average molecular weight is 279 g/mol. The van der Waals surface area contributed by atoms with E-state index in [-0.39, 0.29) is 5.43 Å². The Morgan fingerprint density at radius 2 is 1.76 bits per heavy atom. The Hall–Kier alpha value is -2.55. The largest absolute Gasteiger partial charge is 0.440 e. The van der Waals surface area contributed by atoms with Gasteiger partial charge >= 0.3 is 0 Å². The van der Waals surface area contributed by atoms with Crippen molar-refractivity contribution in [3.05, 3.63) is 75.9 Å². The van der Waals surface area contributed by atoms with Crippen LogP contribution in [0.5, 0.6) is 0 Å². The van der Waals surface area contributed by atoms with Gasteiger partial charge in [0.15, 0.2) is 11.3 Å². The topological polar surface area (TPSA) is 33.5 Å². The summed E-state index contributed by atoms with van der Waals surface area (Å²) in [5.41, 5.74) is 2.90. The van der Waals surface area contributed by atoms with Crippen LogP contribution in [0.15, 0.2) is 63.8 Å². The van der Waals surface area contributed by atoms with E-state index in [0.29, 0.717) is 16.9 Å². The molecule has 0 amide bonds. The number of fused-ring (bicyclic) bond motifs is 1. The van der Waals surface area contributed by atoms with E-state index >= 15 is 0 Å². The third-order valence-electron chi connectivity index (χ3n) is 3.50. The van der Waals surface area contributed by atoms with Crippen molar-refractivity contribution < 1.29 is 4.42 Å². The minimum absolute atomic E-state index is 0.00476. The first-order valence-electron chi connectivity index (χ1n) is 6.92. The van der Waals surface area contributed by atoms with Gasteiger partial charge in [0.05, 0.1) is 5.39 Å². The molecule has 0 saturated carbocycles. The van der Waals surface area contributed by atoms with Gasteiger partial charge in [0.1, 0.15) is 5.58 Å². The molecule has 106 valence electrons. The van der Waals surface area contributed by atoms with Gasteiger partial charge < -0.3 is 9.32 Å². The lowest BCUT2D eigenvalue weighted by atomic mass is 10.0. The summed E-state index contributed by atoms with van der Waals surface area (Å²) in [4.78, 5) is 14.0. The SMILES string of the molecule is CN(C)c1cc(=O)c2cccc(Cc3ccccc3)c2o1. The highest BCUT2D eigenvalue weighted by atomic mass is 16.4. The Balaban J connectivity index is 2.16. The zero-order valence-electron chi connectivity index (χ0n) is 12.2. The van der Waals surface area contributed by atoms with Crippen LogP contribution >= 0.6 is 0 Å². The van der Waals surface area contributed by atoms with Crippen LogP contribution in [0.4, 0.5) is 5.88 Å². The van der Waals surface area contributed by atoms with E-state index in [1.807, 2.05) is 50.5 Å². The quantitative estimate of drug-likeness (QED) is 0.736. The first-order valence-corrected chi connectivity index (χ1v) is 6.92. The van der Waals surface area contributed by atoms with Gasteiger partial charge in [0, 0.05) is 26.6 Å². The summed E-state index contributed by atoms with van der Waals surface area (Å²) in [6.45, 7) is 0. The molecule has 3 rings (SSSR count). The molecule has 0 saturated heterocycles. The van der Waals surface area contributed by atoms with Crippen LogP contribution in [-0.2, 0) is 6.42 Å². The Labute approximate surface area is 123 Å². The van der Waals surface area contributed by atoms with E-state index in [2.05, 4.69) is 12.1 Å². The number of benzene rings is 2. The summed E-state index contributed by atoms with van der Waals surface area (Å²) in [6.07, 6.45) is 0.748. The molecule has 3 aromatic rings. The summed E-state index contributed by atoms with van der Waals surface area (Å²) >= 11 is 0. The normalized spacial score (nSPS) is 10.8. The van der Waals surface area contributed by atoms with E-state index in [0.717, 1.165) is 12.0 Å². The third kappa shape index (κ3) is 2.68. The first kappa shape index (κ1) is 13.4. The van der Waals surface area contributed by atoms with Crippen molar-refractivity contribution in [2.75, 3.05) is 19.0 Å². The lowest BCUT2D eigenvalue weighted by Crippen LogP contribution is -2.12. The average Bonchev–Trinajstić information content (AvgIpc) is 2.49. The summed E-state index contributed by atoms with van der Waals surface area (Å²) in [5.74, 6) is 0.577. The molecule has 0 radical (unpaired) electrons. The molecule has 0 spiro atoms. The van der Waals surface area contributed by atoms with Gasteiger partial charge in [0.25, 0.3) is 0 Å². The molecule has 0 bridgehead atoms. The van der Waals surface area contributed by atoms with Crippen molar-refractivity contribution in [2.24, 2.45) is 0 Å². The molecular formula is C18H17NO2. The van der Waals surface area contributed by atoms with Crippen LogP contribution in [0.3, 0.4) is 0 Å². The maximum absolute atomic E-state index is 12.2. The molecule has 0 aliphatic rings. The van der Waals surface area contributed by atoms with E-state index < -0.39 is 0 Å². The summed E-state index contributed by atoms with van der Waals surface area (Å²) < 4.78 is 5.93. The maximum atomic E-state index is 12.2. The Morgan fingerprint density at radius 3 is 2.48 bits per heavy atom. The second-order valence-electron chi connectivity index (χ2n) is 5.30. The van der Waals surface area contributed by atoms with Gasteiger partial charge in [-0.1, -0.05) is 42.5 Å². The number of rotatable bonds is 3. The molecule has 0 fully saturated rings. The van der Waals surface area contributed by atoms with Crippen LogP contribution in [0.1, 0.15) is 11.1 Å². The summed E-state index contributed by atoms with van der Waals surface area (Å²) in [6, 6.07) is 17.5. The maximum Gasteiger partial charge on any atom is 0.199 e. The fourth-order valence-corrected chi connectivity index (χ4v) is 2.40. The van der Waals surface area contributed by atoms with Crippen molar-refractivity contribution in [1.82, 2.24) is 0 Å². The molecular weight excluding hydrogens is 262 g/mol. The van der Waals surface area contributed by atoms with Gasteiger partial charge in [-0.3, -0.25) is 4.79 Å². The molecule has 3 heteroatoms. The summed E-state index contributed by atoms with van der Waals surface area (Å²) in [5, 5.41) is 0.633. The second-order valence-corrected chi connectivity index (χ2v) is 5.30. The minimum atomic E-state index is -0.00476. The molecule has 0 atom stereocenters. The van der Waals surface area contributed by atoms with Crippen LogP contribution in [0, 0.1) is 0 Å². The van der Waals surface area contributed by atoms with Gasteiger partial charge in [-0.2, -0.15) is 0 Å². The molecule has 3 nitrogen and oxygen atoms in total. The zero-order chi connectivity index (χ0) is 14.8. The molecule has 0 unspecified atom stereocenters. The van der Waals surface area contributed by atoms with Gasteiger partial charge in [-0.15, -0.1) is 0 Å². The number of hydrogen-bond donors (Lipinski definition) is 0. The van der Waals surface area contributed by atoms with E-state index in [1.165, 1.54) is 11.6 Å².